The fourth-order valence-electron chi connectivity index (χ4n) is 1.58. The molecule has 104 valence electrons. The lowest BCUT2D eigenvalue weighted by atomic mass is 10.1. The van der Waals surface area contributed by atoms with E-state index in [2.05, 4.69) is 15.9 Å². The molecule has 0 aliphatic heterocycles. The van der Waals surface area contributed by atoms with Crippen LogP contribution >= 0.6 is 15.9 Å². The second-order valence-corrected chi connectivity index (χ2v) is 4.57. The van der Waals surface area contributed by atoms with Crippen molar-refractivity contribution in [2.24, 2.45) is 0 Å². The van der Waals surface area contributed by atoms with Crippen molar-refractivity contribution in [3.8, 4) is 11.5 Å². The fourth-order valence-corrected chi connectivity index (χ4v) is 2.16. The van der Waals surface area contributed by atoms with Gasteiger partial charge in [0.2, 0.25) is 5.70 Å². The van der Waals surface area contributed by atoms with Gasteiger partial charge in [-0.05, 0) is 40.5 Å². The molecule has 6 heteroatoms. The molecule has 0 spiro atoms. The Morgan fingerprint density at radius 3 is 2.63 bits per heavy atom. The third-order valence-corrected chi connectivity index (χ3v) is 3.06. The molecule has 5 nitrogen and oxygen atoms in total. The molecule has 0 saturated carbocycles. The Balaban J connectivity index is 3.25. The largest absolute Gasteiger partial charge is 0.493 e. The first-order valence-electron chi connectivity index (χ1n) is 5.88. The molecular weight excluding hydrogens is 314 g/mol. The molecule has 0 aliphatic carbocycles. The van der Waals surface area contributed by atoms with Crippen LogP contribution < -0.4 is 9.47 Å². The molecule has 0 amide bonds. The highest BCUT2D eigenvalue weighted by molar-refractivity contribution is 9.10. The summed E-state index contributed by atoms with van der Waals surface area (Å²) in [5.74, 6) is 1.14. The number of halogens is 1. The summed E-state index contributed by atoms with van der Waals surface area (Å²) in [6, 6.07) is 3.49. The van der Waals surface area contributed by atoms with Gasteiger partial charge in [-0.15, -0.1) is 0 Å². The molecule has 1 aromatic carbocycles. The molecule has 0 saturated heterocycles. The van der Waals surface area contributed by atoms with Gasteiger partial charge in [-0.2, -0.15) is 0 Å². The van der Waals surface area contributed by atoms with Crippen LogP contribution in [0.3, 0.4) is 0 Å². The molecule has 0 aromatic heterocycles. The Kier molecular flexibility index (Phi) is 5.82. The predicted molar refractivity (Wildman–Crippen MR) is 77.1 cm³/mol. The van der Waals surface area contributed by atoms with Crippen LogP contribution in [0.5, 0.6) is 11.5 Å². The summed E-state index contributed by atoms with van der Waals surface area (Å²) in [6.45, 7) is 4.14. The molecule has 0 unspecified atom stereocenters. The number of hydrogen-bond donors (Lipinski definition) is 0. The minimum Gasteiger partial charge on any atom is -0.493 e. The van der Waals surface area contributed by atoms with Crippen molar-refractivity contribution in [1.82, 2.24) is 0 Å². The number of nitro groups is 1. The number of rotatable bonds is 6. The Hall–Kier alpha value is -1.56. The number of allylic oxidation sites excluding steroid dienone is 1. The number of benzene rings is 1. The third-order valence-electron chi connectivity index (χ3n) is 2.47. The average molecular weight is 330 g/mol. The maximum Gasteiger partial charge on any atom is 0.246 e. The van der Waals surface area contributed by atoms with Crippen LogP contribution in [0, 0.1) is 10.1 Å². The quantitative estimate of drug-likeness (QED) is 0.586. The molecule has 0 fully saturated rings. The molecule has 1 aromatic rings. The molecule has 0 N–H and O–H groups in total. The van der Waals surface area contributed by atoms with Crippen LogP contribution in [0.1, 0.15) is 25.8 Å². The molecular formula is C13H16BrNO4. The molecule has 0 aliphatic rings. The highest BCUT2D eigenvalue weighted by Gasteiger charge is 2.13. The van der Waals surface area contributed by atoms with Gasteiger partial charge < -0.3 is 9.47 Å². The van der Waals surface area contributed by atoms with Gasteiger partial charge in [0.15, 0.2) is 11.5 Å². The zero-order valence-electron chi connectivity index (χ0n) is 11.1. The maximum atomic E-state index is 10.8. The Morgan fingerprint density at radius 2 is 2.16 bits per heavy atom. The van der Waals surface area contributed by atoms with Gasteiger partial charge in [-0.3, -0.25) is 10.1 Å². The second kappa shape index (κ2) is 7.13. The molecule has 0 heterocycles. The molecule has 1 rings (SSSR count). The van der Waals surface area contributed by atoms with Gasteiger partial charge in [0.05, 0.1) is 23.1 Å². The van der Waals surface area contributed by atoms with Crippen LogP contribution in [0.4, 0.5) is 0 Å². The number of methoxy groups -OCH3 is 1. The van der Waals surface area contributed by atoms with E-state index in [0.29, 0.717) is 34.6 Å². The lowest BCUT2D eigenvalue weighted by Gasteiger charge is -2.12. The van der Waals surface area contributed by atoms with Crippen molar-refractivity contribution < 1.29 is 14.4 Å². The smallest absolute Gasteiger partial charge is 0.246 e. The highest BCUT2D eigenvalue weighted by atomic mass is 79.9. The summed E-state index contributed by atoms with van der Waals surface area (Å²) in [4.78, 5) is 10.4. The van der Waals surface area contributed by atoms with Gasteiger partial charge in [-0.25, -0.2) is 0 Å². The van der Waals surface area contributed by atoms with E-state index in [1.807, 2.05) is 6.92 Å². The van der Waals surface area contributed by atoms with Gasteiger partial charge in [0, 0.05) is 12.5 Å². The van der Waals surface area contributed by atoms with E-state index in [0.717, 1.165) is 0 Å². The molecule has 19 heavy (non-hydrogen) atoms. The van der Waals surface area contributed by atoms with Crippen LogP contribution in [0.2, 0.25) is 0 Å². The fraction of sp³-hybridized carbons (Fsp3) is 0.385. The summed E-state index contributed by atoms with van der Waals surface area (Å²) in [7, 11) is 1.53. The first-order chi connectivity index (χ1) is 9.03. The first kappa shape index (κ1) is 15.5. The third kappa shape index (κ3) is 3.96. The minimum atomic E-state index is -0.378. The van der Waals surface area contributed by atoms with Gasteiger partial charge in [0.25, 0.3) is 0 Å². The van der Waals surface area contributed by atoms with E-state index in [1.54, 1.807) is 19.1 Å². The number of hydrogen-bond acceptors (Lipinski definition) is 4. The van der Waals surface area contributed by atoms with E-state index in [-0.39, 0.29) is 10.6 Å². The molecule has 0 radical (unpaired) electrons. The van der Waals surface area contributed by atoms with E-state index >= 15 is 0 Å². The minimum absolute atomic E-state index is 0.151. The average Bonchev–Trinajstić information content (AvgIpc) is 2.38. The van der Waals surface area contributed by atoms with Crippen LogP contribution in [-0.4, -0.2) is 18.6 Å². The summed E-state index contributed by atoms with van der Waals surface area (Å²) >= 11 is 3.38. The van der Waals surface area contributed by atoms with Crippen molar-refractivity contribution in [2.75, 3.05) is 13.7 Å². The highest BCUT2D eigenvalue weighted by Crippen LogP contribution is 2.37. The normalized spacial score (nSPS) is 11.3. The van der Waals surface area contributed by atoms with E-state index in [4.69, 9.17) is 9.47 Å². The first-order valence-corrected chi connectivity index (χ1v) is 6.68. The van der Waals surface area contributed by atoms with E-state index in [9.17, 15) is 10.1 Å². The number of ether oxygens (including phenoxy) is 2. The Labute approximate surface area is 120 Å². The second-order valence-electron chi connectivity index (χ2n) is 3.71. The summed E-state index contributed by atoms with van der Waals surface area (Å²) in [5, 5.41) is 10.8. The summed E-state index contributed by atoms with van der Waals surface area (Å²) in [5.41, 5.74) is 0.846. The predicted octanol–water partition coefficient (Wildman–Crippen LogP) is 3.88. The van der Waals surface area contributed by atoms with Gasteiger partial charge >= 0.3 is 0 Å². The van der Waals surface area contributed by atoms with Crippen LogP contribution in [0.25, 0.3) is 6.08 Å². The van der Waals surface area contributed by atoms with Crippen molar-refractivity contribution >= 4 is 22.0 Å². The topological polar surface area (TPSA) is 61.6 Å². The zero-order chi connectivity index (χ0) is 14.4. The Bertz CT molecular complexity index is 500. The zero-order valence-corrected chi connectivity index (χ0v) is 12.7. The summed E-state index contributed by atoms with van der Waals surface area (Å²) in [6.07, 6.45) is 1.89. The van der Waals surface area contributed by atoms with Gasteiger partial charge in [0.1, 0.15) is 0 Å². The molecule has 0 bridgehead atoms. The maximum absolute atomic E-state index is 10.8. The Morgan fingerprint density at radius 1 is 1.47 bits per heavy atom. The van der Waals surface area contributed by atoms with Crippen molar-refractivity contribution in [2.45, 2.75) is 20.3 Å². The van der Waals surface area contributed by atoms with E-state index < -0.39 is 0 Å². The number of nitrogens with zero attached hydrogens (tertiary/aromatic N) is 1. The molecule has 0 atom stereocenters. The summed E-state index contributed by atoms with van der Waals surface area (Å²) < 4.78 is 11.4. The van der Waals surface area contributed by atoms with E-state index in [1.165, 1.54) is 13.2 Å². The lowest BCUT2D eigenvalue weighted by molar-refractivity contribution is -0.425. The van der Waals surface area contributed by atoms with Crippen molar-refractivity contribution in [3.05, 3.63) is 38.0 Å². The van der Waals surface area contributed by atoms with Crippen LogP contribution in [-0.2, 0) is 0 Å². The standard InChI is InChI=1S/C13H16BrNO4/c1-4-10(15(16)17)6-9-7-11(14)13(19-5-2)12(8-9)18-3/h6-8H,4-5H2,1-3H3/b10-6-. The van der Waals surface area contributed by atoms with Gasteiger partial charge in [-0.1, -0.05) is 6.92 Å². The van der Waals surface area contributed by atoms with Crippen LogP contribution in [0.15, 0.2) is 22.3 Å². The lowest BCUT2D eigenvalue weighted by Crippen LogP contribution is -1.99. The van der Waals surface area contributed by atoms with Crippen molar-refractivity contribution in [1.29, 1.82) is 0 Å². The van der Waals surface area contributed by atoms with Crippen molar-refractivity contribution in [3.63, 3.8) is 0 Å². The monoisotopic (exact) mass is 329 g/mol. The SMILES string of the molecule is CCOc1c(Br)cc(/C=C(/CC)[N+](=O)[O-])cc1OC.